The Morgan fingerprint density at radius 1 is 1.29 bits per heavy atom. The Labute approximate surface area is 126 Å². The molecule has 0 aliphatic carbocycles. The lowest BCUT2D eigenvalue weighted by Gasteiger charge is -2.26. The fourth-order valence-corrected chi connectivity index (χ4v) is 3.69. The van der Waals surface area contributed by atoms with Crippen LogP contribution in [0, 0.1) is 17.2 Å². The summed E-state index contributed by atoms with van der Waals surface area (Å²) in [7, 11) is -1.84. The number of ether oxygens (including phenoxy) is 1. The van der Waals surface area contributed by atoms with Gasteiger partial charge < -0.3 is 4.74 Å². The van der Waals surface area contributed by atoms with E-state index in [-0.39, 0.29) is 11.3 Å². The second-order valence-corrected chi connectivity index (χ2v) is 7.37. The minimum absolute atomic E-state index is 0.277. The summed E-state index contributed by atoms with van der Waals surface area (Å²) >= 11 is 0. The van der Waals surface area contributed by atoms with Gasteiger partial charge in [-0.3, -0.25) is 0 Å². The molecule has 0 atom stereocenters. The number of rotatable bonds is 5. The maximum atomic E-state index is 12.5. The topological polar surface area (TPSA) is 70.4 Å². The van der Waals surface area contributed by atoms with Crippen LogP contribution in [0.1, 0.15) is 18.4 Å². The molecule has 0 N–H and O–H groups in total. The molecule has 0 aromatic heterocycles. The van der Waals surface area contributed by atoms with Crippen LogP contribution in [-0.4, -0.2) is 39.5 Å². The molecule has 0 radical (unpaired) electrons. The molecule has 114 valence electrons. The SMILES string of the molecule is CN(CC1CCOCC1)S(=O)(=O)c1ccc(CC#N)cc1. The molecule has 1 aliphatic heterocycles. The van der Waals surface area contributed by atoms with Gasteiger partial charge in [-0.05, 0) is 36.5 Å². The number of hydrogen-bond donors (Lipinski definition) is 0. The third kappa shape index (κ3) is 4.03. The highest BCUT2D eigenvalue weighted by Gasteiger charge is 2.24. The van der Waals surface area contributed by atoms with Crippen LogP contribution in [-0.2, 0) is 21.2 Å². The molecule has 0 amide bonds. The van der Waals surface area contributed by atoms with Crippen LogP contribution in [0.2, 0.25) is 0 Å². The first-order valence-corrected chi connectivity index (χ1v) is 8.48. The molecule has 1 fully saturated rings. The number of sulfonamides is 1. The van der Waals surface area contributed by atoms with Gasteiger partial charge in [0.05, 0.1) is 17.4 Å². The van der Waals surface area contributed by atoms with E-state index in [9.17, 15) is 8.42 Å². The van der Waals surface area contributed by atoms with Crippen LogP contribution in [0.15, 0.2) is 29.2 Å². The first-order valence-electron chi connectivity index (χ1n) is 7.04. The van der Waals surface area contributed by atoms with Crippen molar-refractivity contribution in [3.8, 4) is 6.07 Å². The average Bonchev–Trinajstić information content (AvgIpc) is 2.49. The van der Waals surface area contributed by atoms with Gasteiger partial charge in [-0.15, -0.1) is 0 Å². The lowest BCUT2D eigenvalue weighted by atomic mass is 10.0. The summed E-state index contributed by atoms with van der Waals surface area (Å²) in [6.07, 6.45) is 2.10. The van der Waals surface area contributed by atoms with Crippen molar-refractivity contribution in [2.24, 2.45) is 5.92 Å². The zero-order chi connectivity index (χ0) is 15.3. The molecule has 0 unspecified atom stereocenters. The van der Waals surface area contributed by atoms with Gasteiger partial charge in [0.15, 0.2) is 0 Å². The largest absolute Gasteiger partial charge is 0.381 e. The highest BCUT2D eigenvalue weighted by molar-refractivity contribution is 7.89. The molecule has 0 spiro atoms. The normalized spacial score (nSPS) is 16.8. The third-order valence-corrected chi connectivity index (χ3v) is 5.61. The second kappa shape index (κ2) is 7.03. The average molecular weight is 308 g/mol. The predicted molar refractivity (Wildman–Crippen MR) is 79.1 cm³/mol. The number of nitrogens with zero attached hydrogens (tertiary/aromatic N) is 2. The molecule has 6 heteroatoms. The van der Waals surface area contributed by atoms with Gasteiger partial charge in [0, 0.05) is 26.8 Å². The Morgan fingerprint density at radius 2 is 1.90 bits per heavy atom. The van der Waals surface area contributed by atoms with Gasteiger partial charge in [-0.2, -0.15) is 5.26 Å². The van der Waals surface area contributed by atoms with E-state index in [1.807, 2.05) is 6.07 Å². The molecule has 1 aromatic rings. The van der Waals surface area contributed by atoms with Crippen molar-refractivity contribution >= 4 is 10.0 Å². The van der Waals surface area contributed by atoms with Crippen molar-refractivity contribution in [1.82, 2.24) is 4.31 Å². The van der Waals surface area contributed by atoms with E-state index in [0.717, 1.165) is 18.4 Å². The van der Waals surface area contributed by atoms with Crippen LogP contribution in [0.5, 0.6) is 0 Å². The summed E-state index contributed by atoms with van der Waals surface area (Å²) < 4.78 is 31.7. The molecule has 5 nitrogen and oxygen atoms in total. The van der Waals surface area contributed by atoms with Gasteiger partial charge in [-0.25, -0.2) is 12.7 Å². The van der Waals surface area contributed by atoms with Crippen molar-refractivity contribution in [1.29, 1.82) is 5.26 Å². The van der Waals surface area contributed by atoms with E-state index in [2.05, 4.69) is 0 Å². The van der Waals surface area contributed by atoms with Crippen LogP contribution in [0.4, 0.5) is 0 Å². The van der Waals surface area contributed by atoms with Gasteiger partial charge >= 0.3 is 0 Å². The minimum atomic E-state index is -3.46. The van der Waals surface area contributed by atoms with E-state index in [4.69, 9.17) is 10.00 Å². The molecule has 0 saturated carbocycles. The van der Waals surface area contributed by atoms with Crippen LogP contribution < -0.4 is 0 Å². The Hall–Kier alpha value is -1.42. The first-order chi connectivity index (χ1) is 10.0. The molecule has 0 bridgehead atoms. The van der Waals surface area contributed by atoms with Crippen molar-refractivity contribution in [3.05, 3.63) is 29.8 Å². The molecule has 1 aromatic carbocycles. The lowest BCUT2D eigenvalue weighted by molar-refractivity contribution is 0.0620. The number of nitriles is 1. The number of benzene rings is 1. The Bertz CT molecular complexity index is 599. The number of hydrogen-bond acceptors (Lipinski definition) is 4. The van der Waals surface area contributed by atoms with Crippen LogP contribution in [0.25, 0.3) is 0 Å². The monoisotopic (exact) mass is 308 g/mol. The summed E-state index contributed by atoms with van der Waals surface area (Å²) in [6.45, 7) is 1.94. The molecular weight excluding hydrogens is 288 g/mol. The zero-order valence-electron chi connectivity index (χ0n) is 12.2. The van der Waals surface area contributed by atoms with E-state index >= 15 is 0 Å². The highest BCUT2D eigenvalue weighted by atomic mass is 32.2. The quantitative estimate of drug-likeness (QED) is 0.831. The summed E-state index contributed by atoms with van der Waals surface area (Å²) in [6, 6.07) is 8.58. The van der Waals surface area contributed by atoms with Crippen LogP contribution >= 0.6 is 0 Å². The molecule has 1 heterocycles. The molecule has 1 aliphatic rings. The third-order valence-electron chi connectivity index (χ3n) is 3.77. The lowest BCUT2D eigenvalue weighted by Crippen LogP contribution is -2.34. The zero-order valence-corrected chi connectivity index (χ0v) is 13.0. The van der Waals surface area contributed by atoms with Crippen molar-refractivity contribution in [2.75, 3.05) is 26.8 Å². The fourth-order valence-electron chi connectivity index (χ4n) is 2.44. The van der Waals surface area contributed by atoms with Crippen molar-refractivity contribution < 1.29 is 13.2 Å². The fraction of sp³-hybridized carbons (Fsp3) is 0.533. The first kappa shape index (κ1) is 16.0. The molecule has 21 heavy (non-hydrogen) atoms. The molecular formula is C15H20N2O3S. The Balaban J connectivity index is 2.07. The van der Waals surface area contributed by atoms with E-state index in [0.29, 0.717) is 25.7 Å². The van der Waals surface area contributed by atoms with Crippen molar-refractivity contribution in [3.63, 3.8) is 0 Å². The van der Waals surface area contributed by atoms with Gasteiger partial charge in [0.1, 0.15) is 0 Å². The summed E-state index contributed by atoms with van der Waals surface area (Å²) in [5.41, 5.74) is 0.823. The summed E-state index contributed by atoms with van der Waals surface area (Å²) in [4.78, 5) is 0.277. The van der Waals surface area contributed by atoms with Crippen molar-refractivity contribution in [2.45, 2.75) is 24.2 Å². The maximum Gasteiger partial charge on any atom is 0.242 e. The Kier molecular flexibility index (Phi) is 5.34. The maximum absolute atomic E-state index is 12.5. The molecule has 2 rings (SSSR count). The highest BCUT2D eigenvalue weighted by Crippen LogP contribution is 2.20. The van der Waals surface area contributed by atoms with E-state index in [1.54, 1.807) is 31.3 Å². The van der Waals surface area contributed by atoms with Gasteiger partial charge in [0.25, 0.3) is 0 Å². The second-order valence-electron chi connectivity index (χ2n) is 5.32. The van der Waals surface area contributed by atoms with E-state index < -0.39 is 10.0 Å². The summed E-state index contributed by atoms with van der Waals surface area (Å²) in [5, 5.41) is 8.63. The minimum Gasteiger partial charge on any atom is -0.381 e. The predicted octanol–water partition coefficient (Wildman–Crippen LogP) is 1.80. The Morgan fingerprint density at radius 3 is 2.48 bits per heavy atom. The standard InChI is InChI=1S/C15H20N2O3S/c1-17(12-14-7-10-20-11-8-14)21(18,19)15-4-2-13(3-5-15)6-9-16/h2-5,14H,6-8,10-12H2,1H3. The van der Waals surface area contributed by atoms with Gasteiger partial charge in [-0.1, -0.05) is 12.1 Å². The van der Waals surface area contributed by atoms with E-state index in [1.165, 1.54) is 4.31 Å². The molecule has 1 saturated heterocycles. The van der Waals surface area contributed by atoms with Gasteiger partial charge in [0.2, 0.25) is 10.0 Å². The summed E-state index contributed by atoms with van der Waals surface area (Å²) in [5.74, 6) is 0.358. The van der Waals surface area contributed by atoms with Crippen LogP contribution in [0.3, 0.4) is 0 Å². The smallest absolute Gasteiger partial charge is 0.242 e.